The van der Waals surface area contributed by atoms with E-state index in [-0.39, 0.29) is 5.91 Å². The molecule has 1 aromatic heterocycles. The van der Waals surface area contributed by atoms with Crippen molar-refractivity contribution in [2.24, 2.45) is 4.99 Å². The summed E-state index contributed by atoms with van der Waals surface area (Å²) < 4.78 is 11.9. The maximum Gasteiger partial charge on any atom is 0.264 e. The van der Waals surface area contributed by atoms with Gasteiger partial charge in [0.2, 0.25) is 0 Å². The van der Waals surface area contributed by atoms with Gasteiger partial charge in [0, 0.05) is 11.0 Å². The first-order valence-electron chi connectivity index (χ1n) is 8.56. The van der Waals surface area contributed by atoms with Gasteiger partial charge in [-0.25, -0.2) is 4.99 Å². The number of nitrogens with one attached hydrogen (secondary N) is 1. The lowest BCUT2D eigenvalue weighted by Gasteiger charge is -1.99. The molecular weight excluding hydrogens is 472 g/mol. The number of amides is 1. The highest BCUT2D eigenvalue weighted by Crippen LogP contribution is 2.37. The van der Waals surface area contributed by atoms with Crippen molar-refractivity contribution in [1.29, 1.82) is 0 Å². The Balaban J connectivity index is 1.50. The van der Waals surface area contributed by atoms with Crippen molar-refractivity contribution in [3.8, 4) is 5.75 Å². The zero-order chi connectivity index (χ0) is 20.2. The van der Waals surface area contributed by atoms with Gasteiger partial charge in [-0.05, 0) is 70.2 Å². The minimum Gasteiger partial charge on any atom is -0.497 e. The van der Waals surface area contributed by atoms with Crippen LogP contribution in [0.15, 0.2) is 89.4 Å². The molecule has 1 N–H and O–H groups in total. The maximum absolute atomic E-state index is 12.3. The zero-order valence-corrected chi connectivity index (χ0v) is 18.4. The van der Waals surface area contributed by atoms with Gasteiger partial charge in [0.1, 0.15) is 11.5 Å². The molecule has 0 saturated carbocycles. The summed E-state index contributed by atoms with van der Waals surface area (Å²) in [5, 5.41) is 4.04. The Labute approximate surface area is 184 Å². The molecule has 146 valence electrons. The molecule has 1 saturated heterocycles. The fraction of sp³-hybridized carbons (Fsp3) is 0.0476. The van der Waals surface area contributed by atoms with E-state index in [1.165, 1.54) is 23.5 Å². The average Bonchev–Trinajstić information content (AvgIpc) is 3.25. The number of nitrogens with zero attached hydrogens (tertiary/aromatic N) is 1. The summed E-state index contributed by atoms with van der Waals surface area (Å²) >= 11 is 6.31. The van der Waals surface area contributed by atoms with Gasteiger partial charge >= 0.3 is 0 Å². The first-order chi connectivity index (χ1) is 14.1. The lowest BCUT2D eigenvalue weighted by molar-refractivity contribution is -0.115. The smallest absolute Gasteiger partial charge is 0.264 e. The monoisotopic (exact) mass is 486 g/mol. The van der Waals surface area contributed by atoms with Crippen molar-refractivity contribution in [3.63, 3.8) is 0 Å². The summed E-state index contributed by atoms with van der Waals surface area (Å²) in [6.45, 7) is 0. The van der Waals surface area contributed by atoms with Crippen LogP contribution in [-0.4, -0.2) is 18.2 Å². The summed E-state index contributed by atoms with van der Waals surface area (Å²) in [5.41, 5.74) is 0.733. The highest BCUT2D eigenvalue weighted by atomic mass is 79.9. The van der Waals surface area contributed by atoms with Crippen LogP contribution < -0.4 is 10.1 Å². The molecule has 5 nitrogen and oxygen atoms in total. The summed E-state index contributed by atoms with van der Waals surface area (Å²) in [4.78, 5) is 18.4. The molecule has 2 heterocycles. The molecule has 3 aromatic rings. The van der Waals surface area contributed by atoms with Gasteiger partial charge in [-0.1, -0.05) is 30.0 Å². The van der Waals surface area contributed by atoms with Gasteiger partial charge in [0.05, 0.1) is 22.2 Å². The number of furan rings is 1. The zero-order valence-electron chi connectivity index (χ0n) is 15.2. The number of ether oxygens (including phenoxy) is 1. The molecule has 0 atom stereocenters. The van der Waals surface area contributed by atoms with Crippen LogP contribution >= 0.6 is 39.5 Å². The second-order valence-electron chi connectivity index (χ2n) is 5.88. The van der Waals surface area contributed by atoms with Crippen LogP contribution in [0.3, 0.4) is 0 Å². The summed E-state index contributed by atoms with van der Waals surface area (Å²) in [6, 6.07) is 19.1. The summed E-state index contributed by atoms with van der Waals surface area (Å²) in [7, 11) is 1.61. The van der Waals surface area contributed by atoms with Gasteiger partial charge < -0.3 is 14.5 Å². The SMILES string of the molecule is COc1ccc(N=C2NC(=O)/C(=C\c3cc(Br)c(Sc4ccccc4)o3)S2)cc1. The van der Waals surface area contributed by atoms with Crippen molar-refractivity contribution >= 4 is 62.3 Å². The minimum atomic E-state index is -0.202. The third-order valence-corrected chi connectivity index (χ3v) is 6.61. The Hall–Kier alpha value is -2.42. The number of carbonyl (C=O) groups excluding carboxylic acids is 1. The number of methoxy groups -OCH3 is 1. The second-order valence-corrected chi connectivity index (χ2v) is 8.81. The van der Waals surface area contributed by atoms with Gasteiger partial charge in [-0.15, -0.1) is 0 Å². The molecule has 2 aromatic carbocycles. The van der Waals surface area contributed by atoms with Crippen molar-refractivity contribution < 1.29 is 13.9 Å². The number of carbonyl (C=O) groups is 1. The quantitative estimate of drug-likeness (QED) is 0.441. The van der Waals surface area contributed by atoms with E-state index in [9.17, 15) is 4.79 Å². The number of thioether (sulfide) groups is 1. The van der Waals surface area contributed by atoms with Crippen molar-refractivity contribution in [3.05, 3.63) is 75.8 Å². The van der Waals surface area contributed by atoms with Crippen LogP contribution in [0.25, 0.3) is 6.08 Å². The first kappa shape index (κ1) is 19.9. The molecule has 0 unspecified atom stereocenters. The van der Waals surface area contributed by atoms with Crippen LogP contribution in [-0.2, 0) is 4.79 Å². The highest BCUT2D eigenvalue weighted by molar-refractivity contribution is 9.10. The molecule has 1 fully saturated rings. The number of hydrogen-bond acceptors (Lipinski definition) is 6. The number of aliphatic imine (C=N–C) groups is 1. The van der Waals surface area contributed by atoms with Gasteiger partial charge in [0.15, 0.2) is 10.3 Å². The van der Waals surface area contributed by atoms with E-state index >= 15 is 0 Å². The van der Waals surface area contributed by atoms with E-state index in [2.05, 4.69) is 26.2 Å². The summed E-state index contributed by atoms with van der Waals surface area (Å²) in [5.74, 6) is 1.15. The Morgan fingerprint density at radius 3 is 2.66 bits per heavy atom. The predicted octanol–water partition coefficient (Wildman–Crippen LogP) is 6.09. The number of benzene rings is 2. The molecule has 1 amide bonds. The molecule has 29 heavy (non-hydrogen) atoms. The van der Waals surface area contributed by atoms with Crippen LogP contribution in [0.1, 0.15) is 5.76 Å². The lowest BCUT2D eigenvalue weighted by atomic mass is 10.3. The first-order valence-corrected chi connectivity index (χ1v) is 11.0. The Morgan fingerprint density at radius 2 is 1.93 bits per heavy atom. The molecule has 0 spiro atoms. The third-order valence-electron chi connectivity index (χ3n) is 3.86. The van der Waals surface area contributed by atoms with Crippen LogP contribution in [0.2, 0.25) is 0 Å². The van der Waals surface area contributed by atoms with E-state index in [4.69, 9.17) is 9.15 Å². The van der Waals surface area contributed by atoms with E-state index in [1.54, 1.807) is 13.2 Å². The molecule has 4 rings (SSSR count). The molecule has 1 aliphatic rings. The maximum atomic E-state index is 12.3. The van der Waals surface area contributed by atoms with Gasteiger partial charge in [-0.3, -0.25) is 4.79 Å². The van der Waals surface area contributed by atoms with E-state index in [0.717, 1.165) is 25.9 Å². The predicted molar refractivity (Wildman–Crippen MR) is 121 cm³/mol. The molecule has 0 bridgehead atoms. The minimum absolute atomic E-state index is 0.202. The Kier molecular flexibility index (Phi) is 6.13. The second kappa shape index (κ2) is 8.94. The Morgan fingerprint density at radius 1 is 1.17 bits per heavy atom. The van der Waals surface area contributed by atoms with Crippen LogP contribution in [0.5, 0.6) is 5.75 Å². The van der Waals surface area contributed by atoms with E-state index < -0.39 is 0 Å². The average molecular weight is 487 g/mol. The topological polar surface area (TPSA) is 63.8 Å². The summed E-state index contributed by atoms with van der Waals surface area (Å²) in [6.07, 6.45) is 1.72. The fourth-order valence-electron chi connectivity index (χ4n) is 2.49. The van der Waals surface area contributed by atoms with Crippen LogP contribution in [0.4, 0.5) is 5.69 Å². The number of amidine groups is 1. The van der Waals surface area contributed by atoms with Crippen LogP contribution in [0, 0.1) is 0 Å². The fourth-order valence-corrected chi connectivity index (χ4v) is 4.66. The molecule has 1 aliphatic heterocycles. The molecule has 0 radical (unpaired) electrons. The van der Waals surface area contributed by atoms with Gasteiger partial charge in [0.25, 0.3) is 5.91 Å². The van der Waals surface area contributed by atoms with Crippen molar-refractivity contribution in [1.82, 2.24) is 5.32 Å². The highest BCUT2D eigenvalue weighted by Gasteiger charge is 2.24. The molecular formula is C21H15BrN2O3S2. The van der Waals surface area contributed by atoms with Crippen molar-refractivity contribution in [2.75, 3.05) is 7.11 Å². The number of hydrogen-bond donors (Lipinski definition) is 1. The molecule has 8 heteroatoms. The van der Waals surface area contributed by atoms with Gasteiger partial charge in [-0.2, -0.15) is 0 Å². The molecule has 0 aliphatic carbocycles. The lowest BCUT2D eigenvalue weighted by Crippen LogP contribution is -2.19. The van der Waals surface area contributed by atoms with E-state index in [0.29, 0.717) is 15.8 Å². The number of rotatable bonds is 5. The normalized spacial score (nSPS) is 16.4. The number of halogens is 1. The third kappa shape index (κ3) is 4.95. The largest absolute Gasteiger partial charge is 0.497 e. The van der Waals surface area contributed by atoms with Crippen molar-refractivity contribution in [2.45, 2.75) is 9.99 Å². The van der Waals surface area contributed by atoms with E-state index in [1.807, 2.05) is 60.7 Å². The standard InChI is InChI=1S/C21H15BrN2O3S2/c1-26-14-9-7-13(8-10-14)23-21-24-19(25)18(29-21)12-15-11-17(22)20(27-15)28-16-5-3-2-4-6-16/h2-12H,1H3,(H,23,24,25)/b18-12+. The Bertz CT molecular complexity index is 1090.